The van der Waals surface area contributed by atoms with E-state index in [9.17, 15) is 9.59 Å². The quantitative estimate of drug-likeness (QED) is 0.925. The molecule has 2 fully saturated rings. The molecule has 2 aliphatic heterocycles. The highest BCUT2D eigenvalue weighted by atomic mass is 16.5. The maximum Gasteiger partial charge on any atom is 0.253 e. The van der Waals surface area contributed by atoms with Crippen LogP contribution in [0.5, 0.6) is 0 Å². The van der Waals surface area contributed by atoms with Crippen LogP contribution in [0.25, 0.3) is 0 Å². The van der Waals surface area contributed by atoms with Crippen molar-refractivity contribution >= 4 is 11.8 Å². The molecule has 0 bridgehead atoms. The summed E-state index contributed by atoms with van der Waals surface area (Å²) < 4.78 is 5.47. The molecule has 1 aromatic carbocycles. The number of amides is 2. The van der Waals surface area contributed by atoms with Crippen LogP contribution in [-0.4, -0.2) is 42.5 Å². The first-order chi connectivity index (χ1) is 11.2. The number of rotatable bonds is 4. The number of likely N-dealkylation sites (tertiary alicyclic amines) is 1. The molecule has 0 aliphatic carbocycles. The molecule has 3 rings (SSSR count). The van der Waals surface area contributed by atoms with Crippen LogP contribution in [0.15, 0.2) is 24.3 Å². The minimum Gasteiger partial charge on any atom is -0.368 e. The number of nitrogens with one attached hydrogen (secondary N) is 1. The highest BCUT2D eigenvalue weighted by Crippen LogP contribution is 2.15. The first kappa shape index (κ1) is 16.0. The van der Waals surface area contributed by atoms with Crippen molar-refractivity contribution < 1.29 is 14.3 Å². The molecule has 23 heavy (non-hydrogen) atoms. The van der Waals surface area contributed by atoms with Crippen molar-refractivity contribution in [2.45, 2.75) is 44.8 Å². The monoisotopic (exact) mass is 316 g/mol. The van der Waals surface area contributed by atoms with Crippen molar-refractivity contribution in [3.8, 4) is 0 Å². The van der Waals surface area contributed by atoms with Gasteiger partial charge in [-0.3, -0.25) is 9.59 Å². The molecule has 2 heterocycles. The summed E-state index contributed by atoms with van der Waals surface area (Å²) in [7, 11) is 0. The van der Waals surface area contributed by atoms with Gasteiger partial charge in [0.15, 0.2) is 0 Å². The van der Waals surface area contributed by atoms with Crippen LogP contribution in [0.4, 0.5) is 0 Å². The van der Waals surface area contributed by atoms with Crippen LogP contribution in [0.2, 0.25) is 0 Å². The Kier molecular flexibility index (Phi) is 5.28. The number of hydrogen-bond donors (Lipinski definition) is 1. The Balaban J connectivity index is 1.51. The Labute approximate surface area is 137 Å². The van der Waals surface area contributed by atoms with E-state index in [-0.39, 0.29) is 17.9 Å². The fourth-order valence-electron chi connectivity index (χ4n) is 3.12. The molecule has 5 heteroatoms. The lowest BCUT2D eigenvalue weighted by Crippen LogP contribution is -2.37. The Morgan fingerprint density at radius 2 is 1.83 bits per heavy atom. The standard InChI is InChI=1S/C18H24N2O3/c21-17(16-5-1-4-12-23-16)19-13-14-6-8-15(9-7-14)18(22)20-10-2-3-11-20/h6-9,16H,1-5,10-13H2,(H,19,21)/t16-/m1/s1. The van der Waals surface area contributed by atoms with Gasteiger partial charge in [0.05, 0.1) is 0 Å². The van der Waals surface area contributed by atoms with E-state index in [0.29, 0.717) is 13.2 Å². The molecule has 124 valence electrons. The topological polar surface area (TPSA) is 58.6 Å². The highest BCUT2D eigenvalue weighted by Gasteiger charge is 2.22. The number of benzene rings is 1. The lowest BCUT2D eigenvalue weighted by Gasteiger charge is -2.21. The lowest BCUT2D eigenvalue weighted by atomic mass is 10.1. The predicted molar refractivity (Wildman–Crippen MR) is 87.0 cm³/mol. The van der Waals surface area contributed by atoms with Crippen LogP contribution in [0, 0.1) is 0 Å². The van der Waals surface area contributed by atoms with Crippen molar-refractivity contribution in [1.82, 2.24) is 10.2 Å². The van der Waals surface area contributed by atoms with Crippen molar-refractivity contribution in [2.75, 3.05) is 19.7 Å². The summed E-state index contributed by atoms with van der Waals surface area (Å²) in [5, 5.41) is 2.91. The molecule has 0 radical (unpaired) electrons. The fraction of sp³-hybridized carbons (Fsp3) is 0.556. The number of hydrogen-bond acceptors (Lipinski definition) is 3. The van der Waals surface area contributed by atoms with Gasteiger partial charge in [0, 0.05) is 31.8 Å². The normalized spacial score (nSPS) is 21.2. The van der Waals surface area contributed by atoms with E-state index in [4.69, 9.17) is 4.74 Å². The van der Waals surface area contributed by atoms with Crippen LogP contribution >= 0.6 is 0 Å². The number of ether oxygens (including phenoxy) is 1. The maximum atomic E-state index is 12.3. The van der Waals surface area contributed by atoms with Gasteiger partial charge < -0.3 is 15.0 Å². The summed E-state index contributed by atoms with van der Waals surface area (Å²) in [6.07, 6.45) is 4.77. The van der Waals surface area contributed by atoms with Gasteiger partial charge in [-0.1, -0.05) is 12.1 Å². The second-order valence-corrected chi connectivity index (χ2v) is 6.27. The van der Waals surface area contributed by atoms with Crippen LogP contribution in [-0.2, 0) is 16.1 Å². The van der Waals surface area contributed by atoms with Crippen molar-refractivity contribution in [3.63, 3.8) is 0 Å². The van der Waals surface area contributed by atoms with Gasteiger partial charge in [0.25, 0.3) is 5.91 Å². The molecule has 1 N–H and O–H groups in total. The largest absolute Gasteiger partial charge is 0.368 e. The summed E-state index contributed by atoms with van der Waals surface area (Å²) in [5.74, 6) is 0.0654. The molecule has 0 unspecified atom stereocenters. The van der Waals surface area contributed by atoms with Crippen LogP contribution in [0.1, 0.15) is 48.0 Å². The van der Waals surface area contributed by atoms with E-state index >= 15 is 0 Å². The Hall–Kier alpha value is -1.88. The zero-order chi connectivity index (χ0) is 16.1. The summed E-state index contributed by atoms with van der Waals surface area (Å²) >= 11 is 0. The van der Waals surface area contributed by atoms with E-state index in [1.807, 2.05) is 29.2 Å². The van der Waals surface area contributed by atoms with E-state index in [1.54, 1.807) is 0 Å². The molecule has 2 amide bonds. The number of carbonyl (C=O) groups excluding carboxylic acids is 2. The molecule has 0 aromatic heterocycles. The van der Waals surface area contributed by atoms with Crippen LogP contribution in [0.3, 0.4) is 0 Å². The zero-order valence-corrected chi connectivity index (χ0v) is 13.4. The van der Waals surface area contributed by atoms with Crippen LogP contribution < -0.4 is 5.32 Å². The third-order valence-electron chi connectivity index (χ3n) is 4.53. The predicted octanol–water partition coefficient (Wildman–Crippen LogP) is 2.11. The number of nitrogens with zero attached hydrogens (tertiary/aromatic N) is 1. The average Bonchev–Trinajstić information content (AvgIpc) is 3.15. The van der Waals surface area contributed by atoms with E-state index < -0.39 is 0 Å². The molecule has 1 atom stereocenters. The number of carbonyl (C=O) groups is 2. The van der Waals surface area contributed by atoms with Gasteiger partial charge in [-0.25, -0.2) is 0 Å². The lowest BCUT2D eigenvalue weighted by molar-refractivity contribution is -0.135. The molecule has 2 aliphatic rings. The minimum atomic E-state index is -0.306. The van der Waals surface area contributed by atoms with Gasteiger partial charge in [0.1, 0.15) is 6.10 Å². The molecule has 5 nitrogen and oxygen atoms in total. The van der Waals surface area contributed by atoms with Gasteiger partial charge >= 0.3 is 0 Å². The van der Waals surface area contributed by atoms with Gasteiger partial charge in [0.2, 0.25) is 5.91 Å². The minimum absolute atomic E-state index is 0.0399. The summed E-state index contributed by atoms with van der Waals surface area (Å²) in [4.78, 5) is 26.2. The summed E-state index contributed by atoms with van der Waals surface area (Å²) in [5.41, 5.74) is 1.71. The molecule has 2 saturated heterocycles. The van der Waals surface area contributed by atoms with Gasteiger partial charge in [-0.15, -0.1) is 0 Å². The van der Waals surface area contributed by atoms with E-state index in [2.05, 4.69) is 5.32 Å². The summed E-state index contributed by atoms with van der Waals surface area (Å²) in [6.45, 7) is 2.86. The molecule has 1 aromatic rings. The Bertz CT molecular complexity index is 544. The van der Waals surface area contributed by atoms with E-state index in [0.717, 1.165) is 56.3 Å². The second kappa shape index (κ2) is 7.59. The fourth-order valence-corrected chi connectivity index (χ4v) is 3.12. The second-order valence-electron chi connectivity index (χ2n) is 6.27. The van der Waals surface area contributed by atoms with Crippen molar-refractivity contribution in [1.29, 1.82) is 0 Å². The average molecular weight is 316 g/mol. The Morgan fingerprint density at radius 1 is 1.09 bits per heavy atom. The van der Waals surface area contributed by atoms with Crippen molar-refractivity contribution in [2.24, 2.45) is 0 Å². The third-order valence-corrected chi connectivity index (χ3v) is 4.53. The maximum absolute atomic E-state index is 12.3. The zero-order valence-electron chi connectivity index (χ0n) is 13.4. The molecule has 0 spiro atoms. The molecular formula is C18H24N2O3. The SMILES string of the molecule is O=C(NCc1ccc(C(=O)N2CCCC2)cc1)[C@H]1CCCCO1. The van der Waals surface area contributed by atoms with E-state index in [1.165, 1.54) is 0 Å². The van der Waals surface area contributed by atoms with Gasteiger partial charge in [-0.05, 0) is 49.8 Å². The first-order valence-corrected chi connectivity index (χ1v) is 8.51. The first-order valence-electron chi connectivity index (χ1n) is 8.51. The third kappa shape index (κ3) is 4.10. The highest BCUT2D eigenvalue weighted by molar-refractivity contribution is 5.94. The summed E-state index contributed by atoms with van der Waals surface area (Å²) in [6, 6.07) is 7.51. The molecule has 0 saturated carbocycles. The van der Waals surface area contributed by atoms with Gasteiger partial charge in [-0.2, -0.15) is 0 Å². The Morgan fingerprint density at radius 3 is 2.48 bits per heavy atom. The smallest absolute Gasteiger partial charge is 0.253 e. The van der Waals surface area contributed by atoms with Crippen molar-refractivity contribution in [3.05, 3.63) is 35.4 Å². The molecular weight excluding hydrogens is 292 g/mol.